The molecule has 25 heavy (non-hydrogen) atoms. The van der Waals surface area contributed by atoms with Gasteiger partial charge >= 0.3 is 6.09 Å². The van der Waals surface area contributed by atoms with Gasteiger partial charge in [0.2, 0.25) is 0 Å². The SMILES string of the molecule is C[C@]12CCCC3(CC=O)C4N(C1)C(=O)O[C@@]41C=CC(=O)C=C1CC[C@@H]32. The summed E-state index contributed by atoms with van der Waals surface area (Å²) in [6, 6.07) is -0.172. The lowest BCUT2D eigenvalue weighted by molar-refractivity contribution is -0.143. The Labute approximate surface area is 147 Å². The molecule has 2 saturated carbocycles. The first-order valence-corrected chi connectivity index (χ1v) is 9.33. The lowest BCUT2D eigenvalue weighted by atomic mass is 9.47. The van der Waals surface area contributed by atoms with E-state index in [1.807, 2.05) is 4.90 Å². The quantitative estimate of drug-likeness (QED) is 0.725. The maximum absolute atomic E-state index is 12.8. The highest BCUT2D eigenvalue weighted by molar-refractivity contribution is 6.02. The topological polar surface area (TPSA) is 63.7 Å². The molecule has 2 unspecified atom stereocenters. The van der Waals surface area contributed by atoms with Crippen molar-refractivity contribution in [3.05, 3.63) is 23.8 Å². The molecule has 2 saturated heterocycles. The average molecular weight is 341 g/mol. The third kappa shape index (κ3) is 1.67. The standard InChI is InChI=1S/C20H23NO4/c1-18-6-2-7-19(9-10-22)15(18)4-3-13-11-14(23)5-8-20(13)16(19)21(12-18)17(24)25-20/h5,8,10-11,15-16H,2-4,6-7,9,12H2,1H3/t15-,16?,18+,19?,20-/m1/s1. The largest absolute Gasteiger partial charge is 0.432 e. The van der Waals surface area contributed by atoms with E-state index in [1.54, 1.807) is 12.2 Å². The van der Waals surface area contributed by atoms with E-state index in [0.717, 1.165) is 44.0 Å². The first-order chi connectivity index (χ1) is 12.0. The number of rotatable bonds is 2. The zero-order chi connectivity index (χ0) is 17.4. The van der Waals surface area contributed by atoms with Crippen LogP contribution in [0, 0.1) is 16.7 Å². The summed E-state index contributed by atoms with van der Waals surface area (Å²) in [4.78, 5) is 38.4. The molecule has 5 nitrogen and oxygen atoms in total. The van der Waals surface area contributed by atoms with Crippen LogP contribution in [-0.2, 0) is 14.3 Å². The highest BCUT2D eigenvalue weighted by Crippen LogP contribution is 2.67. The average Bonchev–Trinajstić information content (AvgIpc) is 2.77. The number of amides is 1. The molecule has 4 fully saturated rings. The third-order valence-corrected chi connectivity index (χ3v) is 7.69. The van der Waals surface area contributed by atoms with Gasteiger partial charge in [0.05, 0.1) is 6.04 Å². The van der Waals surface area contributed by atoms with Crippen molar-refractivity contribution in [3.8, 4) is 0 Å². The number of hydrogen-bond donors (Lipinski definition) is 0. The second-order valence-corrected chi connectivity index (χ2v) is 8.80. The van der Waals surface area contributed by atoms with Crippen LogP contribution in [0.2, 0.25) is 0 Å². The number of carbonyl (C=O) groups is 3. The van der Waals surface area contributed by atoms with Crippen LogP contribution in [-0.4, -0.2) is 41.3 Å². The Morgan fingerprint density at radius 1 is 1.36 bits per heavy atom. The molecule has 5 rings (SSSR count). The summed E-state index contributed by atoms with van der Waals surface area (Å²) in [5.74, 6) is 0.340. The number of nitrogens with zero attached hydrogens (tertiary/aromatic N) is 1. The van der Waals surface area contributed by atoms with Gasteiger partial charge in [-0.1, -0.05) is 13.3 Å². The van der Waals surface area contributed by atoms with E-state index < -0.39 is 5.60 Å². The maximum atomic E-state index is 12.8. The van der Waals surface area contributed by atoms with Crippen LogP contribution in [0.4, 0.5) is 4.79 Å². The number of aldehydes is 1. The van der Waals surface area contributed by atoms with Gasteiger partial charge in [-0.3, -0.25) is 9.69 Å². The van der Waals surface area contributed by atoms with Crippen LogP contribution in [0.15, 0.2) is 23.8 Å². The summed E-state index contributed by atoms with van der Waals surface area (Å²) >= 11 is 0. The molecular formula is C20H23NO4. The van der Waals surface area contributed by atoms with Crippen molar-refractivity contribution in [2.45, 2.75) is 57.1 Å². The van der Waals surface area contributed by atoms with Gasteiger partial charge in [0.25, 0.3) is 0 Å². The molecule has 132 valence electrons. The van der Waals surface area contributed by atoms with Crippen LogP contribution < -0.4 is 0 Å². The minimum Gasteiger partial charge on any atom is -0.432 e. The second kappa shape index (κ2) is 4.63. The first-order valence-electron chi connectivity index (χ1n) is 9.33. The Bertz CT molecular complexity index is 755. The Hall–Kier alpha value is -1.91. The van der Waals surface area contributed by atoms with E-state index in [-0.39, 0.29) is 28.7 Å². The highest BCUT2D eigenvalue weighted by Gasteiger charge is 2.72. The van der Waals surface area contributed by atoms with Crippen molar-refractivity contribution in [2.75, 3.05) is 6.54 Å². The molecule has 4 bridgehead atoms. The Morgan fingerprint density at radius 3 is 3.00 bits per heavy atom. The Kier molecular flexibility index (Phi) is 2.84. The number of carbonyl (C=O) groups excluding carboxylic acids is 3. The monoisotopic (exact) mass is 341 g/mol. The molecule has 2 aliphatic heterocycles. The molecule has 0 radical (unpaired) electrons. The normalized spacial score (nSPS) is 46.9. The lowest BCUT2D eigenvalue weighted by Crippen LogP contribution is -2.67. The predicted octanol–water partition coefficient (Wildman–Crippen LogP) is 2.80. The van der Waals surface area contributed by atoms with Crippen molar-refractivity contribution in [3.63, 3.8) is 0 Å². The van der Waals surface area contributed by atoms with Crippen LogP contribution >= 0.6 is 0 Å². The minimum absolute atomic E-state index is 0.0179. The molecule has 2 heterocycles. The summed E-state index contributed by atoms with van der Waals surface area (Å²) in [6.07, 6.45) is 11.0. The number of ether oxygens (including phenoxy) is 1. The third-order valence-electron chi connectivity index (χ3n) is 7.69. The molecule has 0 aromatic rings. The fraction of sp³-hybridized carbons (Fsp3) is 0.650. The molecule has 5 heteroatoms. The van der Waals surface area contributed by atoms with Gasteiger partial charge in [0.1, 0.15) is 6.29 Å². The molecule has 5 atom stereocenters. The molecular weight excluding hydrogens is 318 g/mol. The maximum Gasteiger partial charge on any atom is 0.411 e. The summed E-state index contributed by atoms with van der Waals surface area (Å²) in [7, 11) is 0. The van der Waals surface area contributed by atoms with E-state index >= 15 is 0 Å². The van der Waals surface area contributed by atoms with Gasteiger partial charge in [-0.05, 0) is 60.8 Å². The van der Waals surface area contributed by atoms with Crippen LogP contribution in [0.1, 0.15) is 45.4 Å². The van der Waals surface area contributed by atoms with Crippen molar-refractivity contribution < 1.29 is 19.1 Å². The van der Waals surface area contributed by atoms with Gasteiger partial charge in [-0.15, -0.1) is 0 Å². The molecule has 0 N–H and O–H groups in total. The van der Waals surface area contributed by atoms with Gasteiger partial charge in [-0.25, -0.2) is 4.79 Å². The number of piperidine rings is 1. The van der Waals surface area contributed by atoms with Crippen LogP contribution in [0.3, 0.4) is 0 Å². The number of hydrogen-bond acceptors (Lipinski definition) is 4. The summed E-state index contributed by atoms with van der Waals surface area (Å²) in [5.41, 5.74) is -0.171. The van der Waals surface area contributed by atoms with Gasteiger partial charge in [0.15, 0.2) is 11.4 Å². The summed E-state index contributed by atoms with van der Waals surface area (Å²) in [5, 5.41) is 0. The Balaban J connectivity index is 1.79. The van der Waals surface area contributed by atoms with Crippen LogP contribution in [0.5, 0.6) is 0 Å². The van der Waals surface area contributed by atoms with E-state index in [0.29, 0.717) is 18.9 Å². The second-order valence-electron chi connectivity index (χ2n) is 8.80. The molecule has 1 amide bonds. The predicted molar refractivity (Wildman–Crippen MR) is 89.7 cm³/mol. The van der Waals surface area contributed by atoms with Crippen molar-refractivity contribution >= 4 is 18.2 Å². The number of allylic oxidation sites excluding steroid dienone is 2. The lowest BCUT2D eigenvalue weighted by Gasteiger charge is -2.62. The fourth-order valence-electron chi connectivity index (χ4n) is 6.98. The van der Waals surface area contributed by atoms with Gasteiger partial charge in [-0.2, -0.15) is 0 Å². The highest BCUT2D eigenvalue weighted by atomic mass is 16.6. The summed E-state index contributed by atoms with van der Waals surface area (Å²) < 4.78 is 6.00. The minimum atomic E-state index is -0.860. The van der Waals surface area contributed by atoms with E-state index in [1.165, 1.54) is 6.08 Å². The van der Waals surface area contributed by atoms with E-state index in [9.17, 15) is 14.4 Å². The molecule has 1 spiro atoms. The van der Waals surface area contributed by atoms with E-state index in [4.69, 9.17) is 4.74 Å². The van der Waals surface area contributed by atoms with Crippen molar-refractivity contribution in [2.24, 2.45) is 16.7 Å². The zero-order valence-corrected chi connectivity index (χ0v) is 14.5. The summed E-state index contributed by atoms with van der Waals surface area (Å²) in [6.45, 7) is 2.97. The molecule has 5 aliphatic rings. The number of ketones is 1. The Morgan fingerprint density at radius 2 is 2.20 bits per heavy atom. The molecule has 3 aliphatic carbocycles. The van der Waals surface area contributed by atoms with Gasteiger partial charge < -0.3 is 9.53 Å². The zero-order valence-electron chi connectivity index (χ0n) is 14.5. The van der Waals surface area contributed by atoms with Crippen molar-refractivity contribution in [1.29, 1.82) is 0 Å². The first kappa shape index (κ1) is 15.4. The smallest absolute Gasteiger partial charge is 0.411 e. The van der Waals surface area contributed by atoms with Gasteiger partial charge in [0, 0.05) is 18.4 Å². The fourth-order valence-corrected chi connectivity index (χ4v) is 6.98. The van der Waals surface area contributed by atoms with Crippen LogP contribution in [0.25, 0.3) is 0 Å². The van der Waals surface area contributed by atoms with Crippen molar-refractivity contribution in [1.82, 2.24) is 4.90 Å². The molecule has 0 aromatic heterocycles. The van der Waals surface area contributed by atoms with E-state index in [2.05, 4.69) is 6.92 Å². The molecule has 0 aromatic carbocycles.